The summed E-state index contributed by atoms with van der Waals surface area (Å²) in [7, 11) is 0. The molecular weight excluding hydrogens is 468 g/mol. The van der Waals surface area contributed by atoms with Crippen molar-refractivity contribution in [2.24, 2.45) is 71.0 Å². The lowest BCUT2D eigenvalue weighted by Gasteiger charge is -2.18. The summed E-state index contributed by atoms with van der Waals surface area (Å²) in [5.74, 6) is 10.5. The average molecular weight is 557 g/mol. The van der Waals surface area contributed by atoms with Crippen LogP contribution in [-0.4, -0.2) is 0 Å². The molecule has 3 unspecified atom stereocenters. The van der Waals surface area contributed by atoms with Crippen LogP contribution >= 0.6 is 0 Å². The lowest BCUT2D eigenvalue weighted by molar-refractivity contribution is 0.316. The molecule has 0 aromatic carbocycles. The van der Waals surface area contributed by atoms with Gasteiger partial charge in [0.2, 0.25) is 0 Å². The number of rotatable bonds is 14. The van der Waals surface area contributed by atoms with Crippen LogP contribution in [0.4, 0.5) is 0 Å². The third-order valence-electron chi connectivity index (χ3n) is 9.00. The lowest BCUT2D eigenvalue weighted by Crippen LogP contribution is -2.10. The van der Waals surface area contributed by atoms with E-state index in [2.05, 4.69) is 138 Å². The first kappa shape index (κ1) is 48.7. The van der Waals surface area contributed by atoms with Crippen LogP contribution in [0.2, 0.25) is 0 Å². The summed E-state index contributed by atoms with van der Waals surface area (Å²) >= 11 is 0. The zero-order valence-electron chi connectivity index (χ0n) is 31.2. The third kappa shape index (κ3) is 40.2. The summed E-state index contributed by atoms with van der Waals surface area (Å²) in [5, 5.41) is 0. The summed E-state index contributed by atoms with van der Waals surface area (Å²) < 4.78 is 0. The Morgan fingerprint density at radius 3 is 0.846 bits per heavy atom. The summed E-state index contributed by atoms with van der Waals surface area (Å²) in [5.41, 5.74) is 0. The molecule has 0 rings (SSSR count). The molecule has 0 N–H and O–H groups in total. The molecule has 0 radical (unpaired) electrons. The second-order valence-corrected chi connectivity index (χ2v) is 15.9. The molecular formula is C39H88. The zero-order chi connectivity index (χ0) is 31.2. The maximum atomic E-state index is 2.37. The molecule has 0 aliphatic carbocycles. The van der Waals surface area contributed by atoms with Gasteiger partial charge in [-0.2, -0.15) is 0 Å². The average Bonchev–Trinajstić information content (AvgIpc) is 2.76. The van der Waals surface area contributed by atoms with Gasteiger partial charge in [-0.25, -0.2) is 0 Å². The molecule has 0 nitrogen and oxygen atoms in total. The Morgan fingerprint density at radius 1 is 0.308 bits per heavy atom. The summed E-state index contributed by atoms with van der Waals surface area (Å²) in [6.45, 7) is 46.1. The van der Waals surface area contributed by atoms with Gasteiger partial charge in [0, 0.05) is 0 Å². The first-order chi connectivity index (χ1) is 17.2. The molecule has 0 aromatic heterocycles. The minimum atomic E-state index is 0. The molecule has 0 heterocycles. The van der Waals surface area contributed by atoms with Crippen LogP contribution < -0.4 is 0 Å². The molecule has 0 aliphatic heterocycles. The molecule has 244 valence electrons. The monoisotopic (exact) mass is 557 g/mol. The van der Waals surface area contributed by atoms with E-state index in [1.165, 1.54) is 38.5 Å². The summed E-state index contributed by atoms with van der Waals surface area (Å²) in [6.07, 6.45) is 8.39. The van der Waals surface area contributed by atoms with Crippen molar-refractivity contribution in [1.82, 2.24) is 0 Å². The fourth-order valence-electron chi connectivity index (χ4n) is 3.90. The van der Waals surface area contributed by atoms with Gasteiger partial charge in [0.15, 0.2) is 0 Å². The molecule has 0 amide bonds. The summed E-state index contributed by atoms with van der Waals surface area (Å²) in [6, 6.07) is 0. The van der Waals surface area contributed by atoms with Gasteiger partial charge in [-0.1, -0.05) is 178 Å². The highest BCUT2D eigenvalue weighted by Crippen LogP contribution is 2.20. The van der Waals surface area contributed by atoms with E-state index in [4.69, 9.17) is 0 Å². The molecule has 3 atom stereocenters. The second-order valence-electron chi connectivity index (χ2n) is 15.9. The van der Waals surface area contributed by atoms with Gasteiger partial charge in [0.1, 0.15) is 0 Å². The largest absolute Gasteiger partial charge is 0.0776 e. The van der Waals surface area contributed by atoms with E-state index >= 15 is 0 Å². The van der Waals surface area contributed by atoms with E-state index in [1.54, 1.807) is 0 Å². The third-order valence-corrected chi connectivity index (χ3v) is 9.00. The first-order valence-electron chi connectivity index (χ1n) is 17.2. The van der Waals surface area contributed by atoms with Crippen LogP contribution in [0.25, 0.3) is 0 Å². The normalized spacial score (nSPS) is 13.8. The van der Waals surface area contributed by atoms with Gasteiger partial charge in [-0.3, -0.25) is 0 Å². The first-order valence-corrected chi connectivity index (χ1v) is 17.2. The van der Waals surface area contributed by atoms with Crippen molar-refractivity contribution in [1.29, 1.82) is 0 Å². The van der Waals surface area contributed by atoms with Crippen LogP contribution in [0.5, 0.6) is 0 Å². The van der Waals surface area contributed by atoms with Crippen molar-refractivity contribution in [3.05, 3.63) is 0 Å². The van der Waals surface area contributed by atoms with E-state index < -0.39 is 0 Å². The second kappa shape index (κ2) is 29.5. The SMILES string of the molecule is C.CC(C)C(C)C(C)C.CC(C)CC(C)C(C)C.CC(C)CCC(C)C(C)C.CC(C)CCCC(C)C(C)C. The van der Waals surface area contributed by atoms with Crippen molar-refractivity contribution in [3.63, 3.8) is 0 Å². The predicted octanol–water partition coefficient (Wildman–Crippen LogP) is 14.7. The van der Waals surface area contributed by atoms with E-state index in [9.17, 15) is 0 Å². The van der Waals surface area contributed by atoms with Crippen molar-refractivity contribution < 1.29 is 0 Å². The molecule has 0 saturated carbocycles. The predicted molar refractivity (Wildman–Crippen MR) is 190 cm³/mol. The van der Waals surface area contributed by atoms with Crippen molar-refractivity contribution >= 4 is 0 Å². The molecule has 0 heteroatoms. The van der Waals surface area contributed by atoms with Crippen molar-refractivity contribution in [3.8, 4) is 0 Å². The molecule has 0 bridgehead atoms. The Kier molecular flexibility index (Phi) is 36.8. The van der Waals surface area contributed by atoms with E-state index in [-0.39, 0.29) is 7.43 Å². The van der Waals surface area contributed by atoms with Gasteiger partial charge in [-0.15, -0.1) is 0 Å². The highest BCUT2D eigenvalue weighted by molar-refractivity contribution is 4.61. The maximum Gasteiger partial charge on any atom is -0.0396 e. The highest BCUT2D eigenvalue weighted by Gasteiger charge is 2.10. The lowest BCUT2D eigenvalue weighted by atomic mass is 9.88. The molecule has 39 heavy (non-hydrogen) atoms. The van der Waals surface area contributed by atoms with Crippen LogP contribution in [0.3, 0.4) is 0 Å². The van der Waals surface area contributed by atoms with Crippen LogP contribution in [-0.2, 0) is 0 Å². The van der Waals surface area contributed by atoms with Gasteiger partial charge < -0.3 is 0 Å². The Labute approximate surface area is 255 Å². The van der Waals surface area contributed by atoms with Crippen molar-refractivity contribution in [2.75, 3.05) is 0 Å². The smallest absolute Gasteiger partial charge is 0.0396 e. The molecule has 0 fully saturated rings. The van der Waals surface area contributed by atoms with Gasteiger partial charge in [-0.05, 0) is 77.4 Å². The van der Waals surface area contributed by atoms with Crippen LogP contribution in [0, 0.1) is 71.0 Å². The van der Waals surface area contributed by atoms with Gasteiger partial charge >= 0.3 is 0 Å². The fourth-order valence-corrected chi connectivity index (χ4v) is 3.90. The van der Waals surface area contributed by atoms with Crippen molar-refractivity contribution in [2.45, 2.75) is 184 Å². The molecule has 0 aliphatic rings. The quantitative estimate of drug-likeness (QED) is 0.199. The highest BCUT2D eigenvalue weighted by atomic mass is 14.2. The van der Waals surface area contributed by atoms with Crippen LogP contribution in [0.1, 0.15) is 184 Å². The summed E-state index contributed by atoms with van der Waals surface area (Å²) in [4.78, 5) is 0. The Balaban J connectivity index is -0.000000131. The van der Waals surface area contributed by atoms with E-state index in [0.717, 1.165) is 71.0 Å². The maximum absolute atomic E-state index is 2.37. The van der Waals surface area contributed by atoms with Crippen LogP contribution in [0.15, 0.2) is 0 Å². The zero-order valence-corrected chi connectivity index (χ0v) is 31.2. The minimum Gasteiger partial charge on any atom is -0.0776 e. The topological polar surface area (TPSA) is 0 Å². The number of hydrogen-bond donors (Lipinski definition) is 0. The molecule has 0 saturated heterocycles. The van der Waals surface area contributed by atoms with E-state index in [0.29, 0.717) is 0 Å². The van der Waals surface area contributed by atoms with Gasteiger partial charge in [0.05, 0.1) is 0 Å². The fraction of sp³-hybridized carbons (Fsp3) is 1.00. The molecule has 0 spiro atoms. The Hall–Kier alpha value is 0. The Bertz CT molecular complexity index is 429. The van der Waals surface area contributed by atoms with Gasteiger partial charge in [0.25, 0.3) is 0 Å². The Morgan fingerprint density at radius 2 is 0.641 bits per heavy atom. The van der Waals surface area contributed by atoms with E-state index in [1.807, 2.05) is 0 Å². The number of hydrogen-bond acceptors (Lipinski definition) is 0. The molecule has 0 aromatic rings. The minimum absolute atomic E-state index is 0. The standard InChI is InChI=1S/C11H24.C10H22.C9H20.C8H18.CH4/c1-9(2)7-6-8-11(5)10(3)4;1-8(2)6-7-10(5)9(3)4;1-7(2)6-9(5)8(3)4;1-6(2)8(5)7(3)4;/h9-11H,6-8H2,1-5H3;8-10H,6-7H2,1-5H3;7-9H,6H2,1-5H3;6-8H,1-5H3;1H4.